The summed E-state index contributed by atoms with van der Waals surface area (Å²) in [6, 6.07) is 9.59. The maximum absolute atomic E-state index is 13.7. The van der Waals surface area contributed by atoms with Gasteiger partial charge in [-0.05, 0) is 54.5 Å². The van der Waals surface area contributed by atoms with Gasteiger partial charge in [-0.2, -0.15) is 18.6 Å². The van der Waals surface area contributed by atoms with Gasteiger partial charge < -0.3 is 15.5 Å². The van der Waals surface area contributed by atoms with E-state index in [0.717, 1.165) is 18.5 Å². The van der Waals surface area contributed by atoms with Crippen LogP contribution in [-0.4, -0.2) is 34.1 Å². The molecule has 7 nitrogen and oxygen atoms in total. The van der Waals surface area contributed by atoms with Crippen molar-refractivity contribution in [1.29, 1.82) is 5.41 Å². The molecule has 0 atom stereocenters. The summed E-state index contributed by atoms with van der Waals surface area (Å²) in [5.74, 6) is -0.00431. The fourth-order valence-electron chi connectivity index (χ4n) is 3.71. The predicted molar refractivity (Wildman–Crippen MR) is 128 cm³/mol. The number of aromatic nitrogens is 3. The number of rotatable bonds is 7. The quantitative estimate of drug-likeness (QED) is 0.536. The number of pyridine rings is 1. The van der Waals surface area contributed by atoms with E-state index in [1.54, 1.807) is 43.6 Å². The molecular formula is C25H23F2N5O2. The molecule has 0 bridgehead atoms. The van der Waals surface area contributed by atoms with Crippen LogP contribution in [-0.2, 0) is 6.42 Å². The first-order valence-corrected chi connectivity index (χ1v) is 10.8. The molecule has 2 N–H and O–H groups in total. The molecule has 4 rings (SSSR count). The van der Waals surface area contributed by atoms with Crippen LogP contribution in [0.5, 0.6) is 5.75 Å². The van der Waals surface area contributed by atoms with Gasteiger partial charge in [-0.3, -0.25) is 9.78 Å². The van der Waals surface area contributed by atoms with E-state index in [1.165, 1.54) is 16.8 Å². The molecule has 9 heteroatoms. The minimum Gasteiger partial charge on any atom is -0.435 e. The normalized spacial score (nSPS) is 14.7. The highest BCUT2D eigenvalue weighted by Gasteiger charge is 2.19. The lowest BCUT2D eigenvalue weighted by molar-refractivity contribution is -0.0498. The van der Waals surface area contributed by atoms with Crippen LogP contribution in [0.25, 0.3) is 27.9 Å². The maximum atomic E-state index is 13.7. The minimum absolute atomic E-state index is 0.00431. The van der Waals surface area contributed by atoms with Gasteiger partial charge >= 0.3 is 6.61 Å². The molecule has 1 aromatic carbocycles. The number of benzene rings is 1. The molecule has 0 saturated carbocycles. The smallest absolute Gasteiger partial charge is 0.387 e. The van der Waals surface area contributed by atoms with Gasteiger partial charge in [0.25, 0.3) is 5.56 Å². The average Bonchev–Trinajstić information content (AvgIpc) is 2.81. The van der Waals surface area contributed by atoms with Crippen LogP contribution in [0.15, 0.2) is 71.2 Å². The first-order valence-electron chi connectivity index (χ1n) is 10.8. The van der Waals surface area contributed by atoms with Crippen molar-refractivity contribution < 1.29 is 13.5 Å². The second-order valence-corrected chi connectivity index (χ2v) is 7.62. The summed E-state index contributed by atoms with van der Waals surface area (Å²) >= 11 is 0. The molecular weight excluding hydrogens is 440 g/mol. The van der Waals surface area contributed by atoms with Crippen LogP contribution in [0.3, 0.4) is 0 Å². The number of hydrogen-bond acceptors (Lipinski definition) is 6. The monoisotopic (exact) mass is 463 g/mol. The molecule has 2 heterocycles. The first kappa shape index (κ1) is 23.0. The minimum atomic E-state index is -2.94. The van der Waals surface area contributed by atoms with E-state index in [1.807, 2.05) is 19.1 Å². The van der Waals surface area contributed by atoms with E-state index < -0.39 is 12.2 Å². The lowest BCUT2D eigenvalue weighted by Gasteiger charge is -2.15. The topological polar surface area (TPSA) is 92.9 Å². The number of halogens is 2. The van der Waals surface area contributed by atoms with E-state index in [2.05, 4.69) is 15.2 Å². The van der Waals surface area contributed by atoms with Crippen molar-refractivity contribution in [2.75, 3.05) is 7.05 Å². The molecule has 1 aliphatic rings. The van der Waals surface area contributed by atoms with Crippen molar-refractivity contribution >= 4 is 22.4 Å². The number of fused-ring (bicyclic) bond motifs is 1. The summed E-state index contributed by atoms with van der Waals surface area (Å²) in [5, 5.41) is 15.5. The first-order chi connectivity index (χ1) is 16.4. The molecule has 34 heavy (non-hydrogen) atoms. The Kier molecular flexibility index (Phi) is 6.62. The van der Waals surface area contributed by atoms with Crippen LogP contribution in [0.1, 0.15) is 19.0 Å². The second kappa shape index (κ2) is 9.78. The summed E-state index contributed by atoms with van der Waals surface area (Å²) in [4.78, 5) is 18.4. The van der Waals surface area contributed by atoms with Crippen molar-refractivity contribution in [3.63, 3.8) is 0 Å². The Balaban J connectivity index is 1.94. The van der Waals surface area contributed by atoms with Crippen LogP contribution in [0.4, 0.5) is 8.78 Å². The third kappa shape index (κ3) is 4.63. The molecule has 0 radical (unpaired) electrons. The summed E-state index contributed by atoms with van der Waals surface area (Å²) in [7, 11) is 1.73. The Labute approximate surface area is 194 Å². The van der Waals surface area contributed by atoms with E-state index in [9.17, 15) is 13.6 Å². The van der Waals surface area contributed by atoms with E-state index in [0.29, 0.717) is 39.1 Å². The fraction of sp³-hybridized carbons (Fsp3) is 0.200. The highest BCUT2D eigenvalue weighted by atomic mass is 19.3. The molecule has 2 aromatic heterocycles. The van der Waals surface area contributed by atoms with Gasteiger partial charge in [0.05, 0.1) is 17.0 Å². The van der Waals surface area contributed by atoms with E-state index in [-0.39, 0.29) is 5.75 Å². The van der Waals surface area contributed by atoms with Crippen LogP contribution in [0, 0.1) is 5.41 Å². The lowest BCUT2D eigenvalue weighted by Crippen LogP contribution is -2.25. The van der Waals surface area contributed by atoms with Gasteiger partial charge in [0, 0.05) is 24.5 Å². The van der Waals surface area contributed by atoms with Gasteiger partial charge in [0.1, 0.15) is 16.8 Å². The lowest BCUT2D eigenvalue weighted by atomic mass is 10.0. The van der Waals surface area contributed by atoms with Crippen molar-refractivity contribution in [2.24, 2.45) is 0 Å². The van der Waals surface area contributed by atoms with Crippen molar-refractivity contribution in [3.8, 4) is 16.9 Å². The molecule has 174 valence electrons. The van der Waals surface area contributed by atoms with E-state index >= 15 is 0 Å². The number of hydrogen-bond donors (Lipinski definition) is 2. The highest BCUT2D eigenvalue weighted by Crippen LogP contribution is 2.27. The summed E-state index contributed by atoms with van der Waals surface area (Å²) < 4.78 is 30.9. The van der Waals surface area contributed by atoms with Crippen LogP contribution < -0.4 is 15.6 Å². The zero-order valence-corrected chi connectivity index (χ0v) is 18.7. The maximum Gasteiger partial charge on any atom is 0.387 e. The Hall–Kier alpha value is -4.14. The molecule has 0 saturated heterocycles. The molecule has 0 fully saturated rings. The average molecular weight is 463 g/mol. The Morgan fingerprint density at radius 1 is 1.18 bits per heavy atom. The van der Waals surface area contributed by atoms with Gasteiger partial charge in [-0.15, -0.1) is 0 Å². The standard InChI is InChI=1S/C25H23F2N5O2/c1-3-4-17-7-12-21-23(30-17)22(15-5-9-19(10-6-15)34-25(26)27)24(33)32(31-21)18-8-11-20(28)16(13-18)14-29-2/h5-14,25,28-29H,3-4H2,1-2H3/b16-14-,28-20?. The number of ether oxygens (including phenoxy) is 1. The Morgan fingerprint density at radius 2 is 1.94 bits per heavy atom. The summed E-state index contributed by atoms with van der Waals surface area (Å²) in [5.41, 5.74) is 3.56. The highest BCUT2D eigenvalue weighted by molar-refractivity contribution is 6.12. The SMILES string of the molecule is CCCc1ccc2nn(C3=C/C(=C/NC)C(=N)C=C3)c(=O)c(-c3ccc(OC(F)F)cc3)c2n1. The summed E-state index contributed by atoms with van der Waals surface area (Å²) in [6.07, 6.45) is 8.24. The predicted octanol–water partition coefficient (Wildman–Crippen LogP) is 4.55. The molecule has 0 amide bonds. The fourth-order valence-corrected chi connectivity index (χ4v) is 3.71. The van der Waals surface area contributed by atoms with Crippen LogP contribution in [0.2, 0.25) is 0 Å². The number of aryl methyl sites for hydroxylation is 1. The van der Waals surface area contributed by atoms with Crippen molar-refractivity contribution in [2.45, 2.75) is 26.4 Å². The number of allylic oxidation sites excluding steroid dienone is 5. The van der Waals surface area contributed by atoms with Crippen molar-refractivity contribution in [1.82, 2.24) is 20.1 Å². The van der Waals surface area contributed by atoms with Crippen molar-refractivity contribution in [3.05, 3.63) is 82.4 Å². The molecule has 0 aliphatic heterocycles. The Morgan fingerprint density at radius 3 is 2.62 bits per heavy atom. The zero-order chi connectivity index (χ0) is 24.2. The van der Waals surface area contributed by atoms with Crippen LogP contribution >= 0.6 is 0 Å². The third-order valence-electron chi connectivity index (χ3n) is 5.24. The molecule has 0 spiro atoms. The number of alkyl halides is 2. The number of nitrogens with zero attached hydrogens (tertiary/aromatic N) is 3. The largest absolute Gasteiger partial charge is 0.435 e. The van der Waals surface area contributed by atoms with Gasteiger partial charge in [-0.1, -0.05) is 25.5 Å². The zero-order valence-electron chi connectivity index (χ0n) is 18.7. The third-order valence-corrected chi connectivity index (χ3v) is 5.24. The number of nitrogens with one attached hydrogen (secondary N) is 2. The second-order valence-electron chi connectivity index (χ2n) is 7.62. The molecule has 3 aromatic rings. The van der Waals surface area contributed by atoms with Gasteiger partial charge in [-0.25, -0.2) is 0 Å². The van der Waals surface area contributed by atoms with Gasteiger partial charge in [0.2, 0.25) is 0 Å². The van der Waals surface area contributed by atoms with Gasteiger partial charge in [0.15, 0.2) is 0 Å². The van der Waals surface area contributed by atoms with E-state index in [4.69, 9.17) is 10.4 Å². The molecule has 0 unspecified atom stereocenters. The summed E-state index contributed by atoms with van der Waals surface area (Å²) in [6.45, 7) is -0.896. The Bertz CT molecular complexity index is 1390. The molecule has 1 aliphatic carbocycles.